The van der Waals surface area contributed by atoms with E-state index in [1.165, 1.54) is 12.1 Å². The number of hydrogen-bond acceptors (Lipinski definition) is 7. The predicted octanol–water partition coefficient (Wildman–Crippen LogP) is 2.14. The Morgan fingerprint density at radius 1 is 1.18 bits per heavy atom. The smallest absolute Gasteiger partial charge is 0.338 e. The Bertz CT molecular complexity index is 882. The van der Waals surface area contributed by atoms with Crippen LogP contribution in [0.5, 0.6) is 5.75 Å². The van der Waals surface area contributed by atoms with Crippen LogP contribution in [0.2, 0.25) is 0 Å². The van der Waals surface area contributed by atoms with Gasteiger partial charge in [-0.3, -0.25) is 14.9 Å². The molecule has 2 rings (SSSR count). The Hall–Kier alpha value is -3.62. The molecule has 148 valence electrons. The largest absolute Gasteiger partial charge is 0.497 e. The highest BCUT2D eigenvalue weighted by Crippen LogP contribution is 2.27. The zero-order valence-corrected chi connectivity index (χ0v) is 15.8. The molecule has 2 aromatic carbocycles. The van der Waals surface area contributed by atoms with Crippen LogP contribution in [0.15, 0.2) is 42.5 Å². The second-order valence-electron chi connectivity index (χ2n) is 6.06. The van der Waals surface area contributed by atoms with E-state index in [2.05, 4.69) is 5.32 Å². The van der Waals surface area contributed by atoms with Crippen LogP contribution in [0.1, 0.15) is 15.9 Å². The predicted molar refractivity (Wildman–Crippen MR) is 103 cm³/mol. The van der Waals surface area contributed by atoms with Crippen LogP contribution in [0.3, 0.4) is 0 Å². The van der Waals surface area contributed by atoms with Crippen LogP contribution in [0.4, 0.5) is 11.4 Å². The quantitative estimate of drug-likeness (QED) is 0.420. The lowest BCUT2D eigenvalue weighted by atomic mass is 10.1. The molecule has 0 saturated heterocycles. The fourth-order valence-electron chi connectivity index (χ4n) is 2.42. The molecule has 0 aliphatic heterocycles. The van der Waals surface area contributed by atoms with Gasteiger partial charge >= 0.3 is 5.97 Å². The third kappa shape index (κ3) is 5.44. The second kappa shape index (κ2) is 9.36. The molecule has 0 fully saturated rings. The average molecular weight is 387 g/mol. The van der Waals surface area contributed by atoms with Gasteiger partial charge in [-0.1, -0.05) is 12.1 Å². The molecule has 0 aliphatic rings. The zero-order chi connectivity index (χ0) is 20.7. The van der Waals surface area contributed by atoms with Crippen LogP contribution in [0.25, 0.3) is 0 Å². The summed E-state index contributed by atoms with van der Waals surface area (Å²) < 4.78 is 10.1. The topological polar surface area (TPSA) is 111 Å². The summed E-state index contributed by atoms with van der Waals surface area (Å²) in [7, 11) is 4.87. The third-order valence-corrected chi connectivity index (χ3v) is 3.85. The van der Waals surface area contributed by atoms with Crippen molar-refractivity contribution in [2.45, 2.75) is 6.54 Å². The Morgan fingerprint density at radius 3 is 2.57 bits per heavy atom. The van der Waals surface area contributed by atoms with Crippen LogP contribution in [0, 0.1) is 10.1 Å². The first kappa shape index (κ1) is 20.7. The zero-order valence-electron chi connectivity index (χ0n) is 15.8. The number of methoxy groups -OCH3 is 1. The Balaban J connectivity index is 1.93. The number of rotatable bonds is 8. The number of anilines is 1. The fraction of sp³-hybridized carbons (Fsp3) is 0.263. The molecule has 0 radical (unpaired) electrons. The number of amides is 1. The van der Waals surface area contributed by atoms with Crippen LogP contribution in [-0.2, 0) is 16.1 Å². The van der Waals surface area contributed by atoms with E-state index in [1.54, 1.807) is 44.3 Å². The summed E-state index contributed by atoms with van der Waals surface area (Å²) in [4.78, 5) is 36.2. The second-order valence-corrected chi connectivity index (χ2v) is 6.06. The van der Waals surface area contributed by atoms with Gasteiger partial charge in [0, 0.05) is 26.7 Å². The van der Waals surface area contributed by atoms with Crippen molar-refractivity contribution in [1.82, 2.24) is 5.32 Å². The number of nitro groups is 1. The maximum absolute atomic E-state index is 12.1. The van der Waals surface area contributed by atoms with E-state index in [9.17, 15) is 19.7 Å². The van der Waals surface area contributed by atoms with Gasteiger partial charge in [0.05, 0.1) is 17.6 Å². The van der Waals surface area contributed by atoms with Gasteiger partial charge in [0.25, 0.3) is 11.6 Å². The number of benzene rings is 2. The van der Waals surface area contributed by atoms with E-state index in [4.69, 9.17) is 9.47 Å². The van der Waals surface area contributed by atoms with E-state index < -0.39 is 23.4 Å². The third-order valence-electron chi connectivity index (χ3n) is 3.85. The molecule has 0 bridgehead atoms. The molecule has 9 heteroatoms. The molecule has 0 aliphatic carbocycles. The van der Waals surface area contributed by atoms with E-state index in [-0.39, 0.29) is 17.8 Å². The van der Waals surface area contributed by atoms with E-state index in [0.29, 0.717) is 11.4 Å². The maximum Gasteiger partial charge on any atom is 0.338 e. The summed E-state index contributed by atoms with van der Waals surface area (Å²) >= 11 is 0. The van der Waals surface area contributed by atoms with Gasteiger partial charge < -0.3 is 19.7 Å². The first-order valence-electron chi connectivity index (χ1n) is 8.34. The van der Waals surface area contributed by atoms with Gasteiger partial charge in [-0.15, -0.1) is 0 Å². The number of nitrogens with one attached hydrogen (secondary N) is 1. The molecule has 0 atom stereocenters. The molecule has 0 unspecified atom stereocenters. The van der Waals surface area contributed by atoms with Crippen LogP contribution >= 0.6 is 0 Å². The highest BCUT2D eigenvalue weighted by Gasteiger charge is 2.20. The lowest BCUT2D eigenvalue weighted by Gasteiger charge is -2.13. The molecule has 0 spiro atoms. The number of hydrogen-bond donors (Lipinski definition) is 1. The first-order valence-corrected chi connectivity index (χ1v) is 8.34. The van der Waals surface area contributed by atoms with Crippen molar-refractivity contribution >= 4 is 23.3 Å². The van der Waals surface area contributed by atoms with Crippen molar-refractivity contribution in [2.24, 2.45) is 0 Å². The molecule has 0 saturated carbocycles. The SMILES string of the molecule is COc1cccc(CNC(=O)COC(=O)c2ccc(N(C)C)c([N+](=O)[O-])c2)c1. The minimum absolute atomic E-state index is 0.00195. The van der Waals surface area contributed by atoms with Crippen molar-refractivity contribution < 1.29 is 24.0 Å². The van der Waals surface area contributed by atoms with Gasteiger partial charge in [-0.25, -0.2) is 4.79 Å². The van der Waals surface area contributed by atoms with Gasteiger partial charge in [0.15, 0.2) is 6.61 Å². The van der Waals surface area contributed by atoms with Crippen molar-refractivity contribution in [3.05, 3.63) is 63.7 Å². The molecular formula is C19H21N3O6. The normalized spacial score (nSPS) is 10.1. The summed E-state index contributed by atoms with van der Waals surface area (Å²) in [6.45, 7) is -0.247. The molecular weight excluding hydrogens is 366 g/mol. The highest BCUT2D eigenvalue weighted by molar-refractivity contribution is 5.93. The van der Waals surface area contributed by atoms with Gasteiger partial charge in [0.1, 0.15) is 11.4 Å². The fourth-order valence-corrected chi connectivity index (χ4v) is 2.42. The van der Waals surface area contributed by atoms with Crippen LogP contribution < -0.4 is 15.0 Å². The number of nitro benzene ring substituents is 1. The average Bonchev–Trinajstić information content (AvgIpc) is 2.69. The minimum atomic E-state index is -0.815. The number of carbonyl (C=O) groups is 2. The van der Waals surface area contributed by atoms with Crippen molar-refractivity contribution in [2.75, 3.05) is 32.7 Å². The summed E-state index contributed by atoms with van der Waals surface area (Å²) in [5, 5.41) is 13.8. The lowest BCUT2D eigenvalue weighted by Crippen LogP contribution is -2.28. The summed E-state index contributed by atoms with van der Waals surface area (Å²) in [6, 6.07) is 11.2. The van der Waals surface area contributed by atoms with Crippen molar-refractivity contribution in [1.29, 1.82) is 0 Å². The molecule has 1 N–H and O–H groups in total. The first-order chi connectivity index (χ1) is 13.3. The number of carbonyl (C=O) groups excluding carboxylic acids is 2. The van der Waals surface area contributed by atoms with Gasteiger partial charge in [-0.05, 0) is 29.8 Å². The summed E-state index contributed by atoms with van der Waals surface area (Å²) in [5.41, 5.74) is 0.964. The number of nitrogens with zero attached hydrogens (tertiary/aromatic N) is 2. The Kier molecular flexibility index (Phi) is 6.91. The van der Waals surface area contributed by atoms with E-state index in [1.807, 2.05) is 6.07 Å². The molecule has 2 aromatic rings. The maximum atomic E-state index is 12.1. The van der Waals surface area contributed by atoms with E-state index in [0.717, 1.165) is 11.6 Å². The molecule has 0 heterocycles. The number of esters is 1. The Labute approximate surface area is 162 Å². The Morgan fingerprint density at radius 2 is 1.93 bits per heavy atom. The molecule has 0 aromatic heterocycles. The monoisotopic (exact) mass is 387 g/mol. The number of ether oxygens (including phenoxy) is 2. The molecule has 1 amide bonds. The summed E-state index contributed by atoms with van der Waals surface area (Å²) in [6.07, 6.45) is 0. The lowest BCUT2D eigenvalue weighted by molar-refractivity contribution is -0.384. The van der Waals surface area contributed by atoms with E-state index >= 15 is 0 Å². The van der Waals surface area contributed by atoms with Gasteiger partial charge in [-0.2, -0.15) is 0 Å². The molecule has 9 nitrogen and oxygen atoms in total. The summed E-state index contributed by atoms with van der Waals surface area (Å²) in [5.74, 6) is -0.638. The van der Waals surface area contributed by atoms with Gasteiger partial charge in [0.2, 0.25) is 0 Å². The van der Waals surface area contributed by atoms with Crippen molar-refractivity contribution in [3.63, 3.8) is 0 Å². The molecule has 28 heavy (non-hydrogen) atoms. The van der Waals surface area contributed by atoms with Crippen LogP contribution in [-0.4, -0.2) is 44.6 Å². The van der Waals surface area contributed by atoms with Crippen molar-refractivity contribution in [3.8, 4) is 5.75 Å². The highest BCUT2D eigenvalue weighted by atomic mass is 16.6. The standard InChI is InChI=1S/C19H21N3O6/c1-21(2)16-8-7-14(10-17(16)22(25)26)19(24)28-12-18(23)20-11-13-5-4-6-15(9-13)27-3/h4-10H,11-12H2,1-3H3,(H,20,23). The minimum Gasteiger partial charge on any atom is -0.497 e.